The van der Waals surface area contributed by atoms with Crippen molar-refractivity contribution >= 4 is 33.7 Å². The number of aromatic carboxylic acids is 1. The van der Waals surface area contributed by atoms with Crippen LogP contribution < -0.4 is 0 Å². The van der Waals surface area contributed by atoms with Gasteiger partial charge in [-0.25, -0.2) is 4.79 Å². The van der Waals surface area contributed by atoms with E-state index in [0.717, 1.165) is 16.4 Å². The van der Waals surface area contributed by atoms with E-state index < -0.39 is 5.97 Å². The highest BCUT2D eigenvalue weighted by molar-refractivity contribution is 9.10. The molecule has 0 spiro atoms. The molecule has 2 rings (SSSR count). The van der Waals surface area contributed by atoms with Crippen LogP contribution >= 0.6 is 27.7 Å². The smallest absolute Gasteiger partial charge is 0.336 e. The van der Waals surface area contributed by atoms with Crippen LogP contribution in [0.3, 0.4) is 0 Å². The highest BCUT2D eigenvalue weighted by Gasteiger charge is 2.08. The molecule has 0 aliphatic rings. The van der Waals surface area contributed by atoms with E-state index >= 15 is 0 Å². The molecule has 17 heavy (non-hydrogen) atoms. The normalized spacial score (nSPS) is 10.4. The van der Waals surface area contributed by atoms with Gasteiger partial charge >= 0.3 is 5.97 Å². The molecule has 0 saturated heterocycles. The number of furan rings is 1. The summed E-state index contributed by atoms with van der Waals surface area (Å²) in [6.07, 6.45) is 1.64. The fourth-order valence-electron chi connectivity index (χ4n) is 1.31. The Kier molecular flexibility index (Phi) is 3.91. The summed E-state index contributed by atoms with van der Waals surface area (Å²) in [5, 5.41) is 8.88. The first-order chi connectivity index (χ1) is 8.16. The molecule has 5 heteroatoms. The summed E-state index contributed by atoms with van der Waals surface area (Å²) in [5.41, 5.74) is 0.271. The Morgan fingerprint density at radius 3 is 2.82 bits per heavy atom. The summed E-state index contributed by atoms with van der Waals surface area (Å²) in [6.45, 7) is 0. The number of benzene rings is 1. The van der Waals surface area contributed by atoms with Crippen molar-refractivity contribution in [1.82, 2.24) is 0 Å². The molecule has 0 aliphatic heterocycles. The number of hydrogen-bond donors (Lipinski definition) is 1. The van der Waals surface area contributed by atoms with E-state index in [9.17, 15) is 4.79 Å². The second kappa shape index (κ2) is 5.42. The molecule has 1 aromatic carbocycles. The molecule has 0 radical (unpaired) electrons. The first kappa shape index (κ1) is 12.3. The number of carboxylic acid groups (broad SMARTS) is 1. The minimum atomic E-state index is -0.931. The quantitative estimate of drug-likeness (QED) is 0.866. The van der Waals surface area contributed by atoms with Crippen molar-refractivity contribution in [3.8, 4) is 0 Å². The highest BCUT2D eigenvalue weighted by Crippen LogP contribution is 2.27. The van der Waals surface area contributed by atoms with Crippen molar-refractivity contribution in [2.75, 3.05) is 0 Å². The van der Waals surface area contributed by atoms with Crippen molar-refractivity contribution in [2.24, 2.45) is 0 Å². The summed E-state index contributed by atoms with van der Waals surface area (Å²) in [5.74, 6) is 0.694. The average Bonchev–Trinajstić information content (AvgIpc) is 2.78. The molecule has 3 nitrogen and oxygen atoms in total. The fraction of sp³-hybridized carbons (Fsp3) is 0.0833. The lowest BCUT2D eigenvalue weighted by atomic mass is 10.2. The second-order valence-electron chi connectivity index (χ2n) is 3.31. The maximum Gasteiger partial charge on any atom is 0.336 e. The molecule has 0 amide bonds. The van der Waals surface area contributed by atoms with Gasteiger partial charge in [0.05, 0.1) is 17.6 Å². The van der Waals surface area contributed by atoms with Gasteiger partial charge in [-0.05, 0) is 46.3 Å². The predicted octanol–water partition coefficient (Wildman–Crippen LogP) is 4.03. The third kappa shape index (κ3) is 3.14. The molecule has 1 N–H and O–H groups in total. The third-order valence-corrected chi connectivity index (χ3v) is 3.80. The SMILES string of the molecule is O=C(O)c1ccc(SCc2ccco2)cc1Br. The minimum Gasteiger partial charge on any atom is -0.478 e. The Balaban J connectivity index is 2.07. The van der Waals surface area contributed by atoms with Crippen LogP contribution in [0.4, 0.5) is 0 Å². The van der Waals surface area contributed by atoms with Gasteiger partial charge in [-0.1, -0.05) is 0 Å². The van der Waals surface area contributed by atoms with E-state index in [2.05, 4.69) is 15.9 Å². The largest absolute Gasteiger partial charge is 0.478 e. The molecule has 0 unspecified atom stereocenters. The number of carbonyl (C=O) groups is 1. The molecule has 0 bridgehead atoms. The Morgan fingerprint density at radius 1 is 1.41 bits per heavy atom. The maximum absolute atomic E-state index is 10.8. The van der Waals surface area contributed by atoms with E-state index in [-0.39, 0.29) is 5.56 Å². The molecule has 0 aliphatic carbocycles. The van der Waals surface area contributed by atoms with Gasteiger partial charge in [-0.3, -0.25) is 0 Å². The zero-order chi connectivity index (χ0) is 12.3. The van der Waals surface area contributed by atoms with Crippen molar-refractivity contribution in [1.29, 1.82) is 0 Å². The summed E-state index contributed by atoms with van der Waals surface area (Å²) >= 11 is 4.84. The van der Waals surface area contributed by atoms with Crippen LogP contribution in [0.25, 0.3) is 0 Å². The zero-order valence-electron chi connectivity index (χ0n) is 8.72. The summed E-state index contributed by atoms with van der Waals surface area (Å²) in [6, 6.07) is 8.95. The van der Waals surface area contributed by atoms with Gasteiger partial charge in [0.25, 0.3) is 0 Å². The lowest BCUT2D eigenvalue weighted by Gasteiger charge is -2.03. The minimum absolute atomic E-state index is 0.271. The maximum atomic E-state index is 10.8. The van der Waals surface area contributed by atoms with Gasteiger partial charge in [-0.15, -0.1) is 11.8 Å². The molecule has 0 fully saturated rings. The van der Waals surface area contributed by atoms with E-state index in [0.29, 0.717) is 4.47 Å². The molecular formula is C12H9BrO3S. The highest BCUT2D eigenvalue weighted by atomic mass is 79.9. The van der Waals surface area contributed by atoms with Crippen molar-refractivity contribution in [3.63, 3.8) is 0 Å². The monoisotopic (exact) mass is 312 g/mol. The second-order valence-corrected chi connectivity index (χ2v) is 5.22. The van der Waals surface area contributed by atoms with Crippen LogP contribution in [-0.4, -0.2) is 11.1 Å². The molecule has 88 valence electrons. The molecule has 0 saturated carbocycles. The van der Waals surface area contributed by atoms with Gasteiger partial charge in [-0.2, -0.15) is 0 Å². The van der Waals surface area contributed by atoms with E-state index in [4.69, 9.17) is 9.52 Å². The Morgan fingerprint density at radius 2 is 2.24 bits per heavy atom. The van der Waals surface area contributed by atoms with Crippen molar-refractivity contribution < 1.29 is 14.3 Å². The summed E-state index contributed by atoms with van der Waals surface area (Å²) in [4.78, 5) is 11.8. The summed E-state index contributed by atoms with van der Waals surface area (Å²) in [7, 11) is 0. The van der Waals surface area contributed by atoms with Gasteiger partial charge < -0.3 is 9.52 Å². The molecule has 2 aromatic rings. The average molecular weight is 313 g/mol. The predicted molar refractivity (Wildman–Crippen MR) is 69.4 cm³/mol. The number of halogens is 1. The Hall–Kier alpha value is -1.20. The third-order valence-electron chi connectivity index (χ3n) is 2.13. The molecule has 1 heterocycles. The lowest BCUT2D eigenvalue weighted by molar-refractivity contribution is 0.0696. The van der Waals surface area contributed by atoms with Crippen LogP contribution in [0.2, 0.25) is 0 Å². The topological polar surface area (TPSA) is 50.4 Å². The van der Waals surface area contributed by atoms with Crippen LogP contribution in [0.1, 0.15) is 16.1 Å². The first-order valence-electron chi connectivity index (χ1n) is 4.85. The zero-order valence-corrected chi connectivity index (χ0v) is 11.1. The van der Waals surface area contributed by atoms with E-state index in [1.807, 2.05) is 12.1 Å². The summed E-state index contributed by atoms with van der Waals surface area (Å²) < 4.78 is 5.81. The van der Waals surface area contributed by atoms with Crippen LogP contribution in [-0.2, 0) is 5.75 Å². The standard InChI is InChI=1S/C12H9BrO3S/c13-11-6-9(3-4-10(11)12(14)15)17-7-8-2-1-5-16-8/h1-6H,7H2,(H,14,15). The van der Waals surface area contributed by atoms with Crippen LogP contribution in [0.15, 0.2) is 50.4 Å². The van der Waals surface area contributed by atoms with Crippen LogP contribution in [0.5, 0.6) is 0 Å². The van der Waals surface area contributed by atoms with Gasteiger partial charge in [0.2, 0.25) is 0 Å². The number of rotatable bonds is 4. The fourth-order valence-corrected chi connectivity index (χ4v) is 2.85. The van der Waals surface area contributed by atoms with E-state index in [1.54, 1.807) is 36.2 Å². The Bertz CT molecular complexity index is 523. The molecule has 1 aromatic heterocycles. The van der Waals surface area contributed by atoms with Crippen LogP contribution in [0, 0.1) is 0 Å². The number of thioether (sulfide) groups is 1. The van der Waals surface area contributed by atoms with Gasteiger partial charge in [0, 0.05) is 9.37 Å². The lowest BCUT2D eigenvalue weighted by Crippen LogP contribution is -1.97. The first-order valence-corrected chi connectivity index (χ1v) is 6.62. The van der Waals surface area contributed by atoms with Crippen molar-refractivity contribution in [3.05, 3.63) is 52.4 Å². The van der Waals surface area contributed by atoms with Gasteiger partial charge in [0.1, 0.15) is 5.76 Å². The van der Waals surface area contributed by atoms with Crippen molar-refractivity contribution in [2.45, 2.75) is 10.6 Å². The van der Waals surface area contributed by atoms with Gasteiger partial charge in [0.15, 0.2) is 0 Å². The Labute approximate surface area is 111 Å². The number of hydrogen-bond acceptors (Lipinski definition) is 3. The van der Waals surface area contributed by atoms with E-state index in [1.165, 1.54) is 0 Å². The molecule has 0 atom stereocenters. The molecular weight excluding hydrogens is 304 g/mol. The number of carboxylic acids is 1.